The molecule has 0 aromatic rings. The molecule has 2 amide bonds. The molecule has 10 heteroatoms. The van der Waals surface area contributed by atoms with E-state index >= 15 is 0 Å². The van der Waals surface area contributed by atoms with Crippen molar-refractivity contribution in [2.45, 2.75) is 69.4 Å². The van der Waals surface area contributed by atoms with Gasteiger partial charge in [-0.2, -0.15) is 0 Å². The van der Waals surface area contributed by atoms with E-state index in [4.69, 9.17) is 15.3 Å². The summed E-state index contributed by atoms with van der Waals surface area (Å²) in [6.45, 7) is -0.380. The van der Waals surface area contributed by atoms with Crippen molar-refractivity contribution in [3.05, 3.63) is 0 Å². The Bertz CT molecular complexity index is 410. The first kappa shape index (κ1) is 25.7. The minimum absolute atomic E-state index is 0.0801. The van der Waals surface area contributed by atoms with Gasteiger partial charge < -0.3 is 41.3 Å². The predicted octanol–water partition coefficient (Wildman–Crippen LogP) is -2.62. The number of hydrogen-bond acceptors (Lipinski definition) is 8. The molecule has 0 rings (SSSR count). The third-order valence-electron chi connectivity index (χ3n) is 4.03. The SMILES string of the molecule is O=C(CCCC(=O)NCC(O)[C@@H](O)C(O)CCO)NCCCC[C@H](O)CO. The van der Waals surface area contributed by atoms with Crippen molar-refractivity contribution in [3.8, 4) is 0 Å². The average Bonchev–Trinajstić information content (AvgIpc) is 2.65. The molecule has 0 saturated carbocycles. The highest BCUT2D eigenvalue weighted by Gasteiger charge is 2.24. The Morgan fingerprint density at radius 3 is 2.00 bits per heavy atom. The number of aliphatic hydroxyl groups is 6. The fourth-order valence-corrected chi connectivity index (χ4v) is 2.31. The van der Waals surface area contributed by atoms with E-state index in [9.17, 15) is 24.9 Å². The number of unbranched alkanes of at least 4 members (excludes halogenated alkanes) is 1. The maximum Gasteiger partial charge on any atom is 0.220 e. The second-order valence-corrected chi connectivity index (χ2v) is 6.48. The Balaban J connectivity index is 3.74. The largest absolute Gasteiger partial charge is 0.396 e. The third kappa shape index (κ3) is 13.5. The summed E-state index contributed by atoms with van der Waals surface area (Å²) < 4.78 is 0. The number of hydrogen-bond donors (Lipinski definition) is 8. The van der Waals surface area contributed by atoms with E-state index in [0.717, 1.165) is 0 Å². The fourth-order valence-electron chi connectivity index (χ4n) is 2.31. The van der Waals surface area contributed by atoms with Crippen molar-refractivity contribution in [1.82, 2.24) is 10.6 Å². The zero-order valence-electron chi connectivity index (χ0n) is 15.6. The van der Waals surface area contributed by atoms with Crippen molar-refractivity contribution < 1.29 is 40.2 Å². The molecule has 0 radical (unpaired) electrons. The summed E-state index contributed by atoms with van der Waals surface area (Å²) in [6, 6.07) is 0. The summed E-state index contributed by atoms with van der Waals surface area (Å²) in [5.74, 6) is -0.572. The van der Waals surface area contributed by atoms with Crippen molar-refractivity contribution >= 4 is 11.8 Å². The lowest BCUT2D eigenvalue weighted by Crippen LogP contribution is -2.44. The Hall–Kier alpha value is -1.30. The molecule has 0 aromatic heterocycles. The van der Waals surface area contributed by atoms with Gasteiger partial charge in [-0.3, -0.25) is 9.59 Å². The second-order valence-electron chi connectivity index (χ2n) is 6.48. The smallest absolute Gasteiger partial charge is 0.220 e. The zero-order valence-corrected chi connectivity index (χ0v) is 15.6. The van der Waals surface area contributed by atoms with Crippen LogP contribution in [-0.2, 0) is 9.59 Å². The van der Waals surface area contributed by atoms with E-state index in [-0.39, 0.29) is 50.8 Å². The summed E-state index contributed by atoms with van der Waals surface area (Å²) in [7, 11) is 0. The molecule has 0 fully saturated rings. The van der Waals surface area contributed by atoms with E-state index in [0.29, 0.717) is 32.2 Å². The fraction of sp³-hybridized carbons (Fsp3) is 0.882. The van der Waals surface area contributed by atoms with Gasteiger partial charge in [0.2, 0.25) is 11.8 Å². The molecule has 0 spiro atoms. The minimum Gasteiger partial charge on any atom is -0.396 e. The van der Waals surface area contributed by atoms with Crippen molar-refractivity contribution in [2.75, 3.05) is 26.3 Å². The van der Waals surface area contributed by atoms with Crippen LogP contribution in [0.25, 0.3) is 0 Å². The maximum atomic E-state index is 11.7. The second kappa shape index (κ2) is 15.7. The molecule has 8 N–H and O–H groups in total. The highest BCUT2D eigenvalue weighted by molar-refractivity contribution is 5.78. The van der Waals surface area contributed by atoms with E-state index in [1.807, 2.05) is 0 Å². The van der Waals surface area contributed by atoms with Crippen LogP contribution < -0.4 is 10.6 Å². The quantitative estimate of drug-likeness (QED) is 0.131. The number of nitrogens with one attached hydrogen (secondary N) is 2. The molecule has 0 aromatic carbocycles. The highest BCUT2D eigenvalue weighted by atomic mass is 16.4. The molecule has 27 heavy (non-hydrogen) atoms. The molecular weight excluding hydrogens is 360 g/mol. The van der Waals surface area contributed by atoms with Crippen LogP contribution in [0.4, 0.5) is 0 Å². The summed E-state index contributed by atoms with van der Waals surface area (Å²) in [5, 5.41) is 60.3. The van der Waals surface area contributed by atoms with Crippen LogP contribution in [0.1, 0.15) is 44.9 Å². The molecular formula is C17H34N2O8. The first-order valence-corrected chi connectivity index (χ1v) is 9.29. The predicted molar refractivity (Wildman–Crippen MR) is 96.5 cm³/mol. The molecule has 0 heterocycles. The van der Waals surface area contributed by atoms with E-state index < -0.39 is 24.4 Å². The maximum absolute atomic E-state index is 11.7. The van der Waals surface area contributed by atoms with E-state index in [1.54, 1.807) is 0 Å². The topological polar surface area (TPSA) is 180 Å². The molecule has 0 aliphatic carbocycles. The van der Waals surface area contributed by atoms with Gasteiger partial charge in [-0.15, -0.1) is 0 Å². The van der Waals surface area contributed by atoms with Gasteiger partial charge in [0.25, 0.3) is 0 Å². The lowest BCUT2D eigenvalue weighted by atomic mass is 10.1. The summed E-state index contributed by atoms with van der Waals surface area (Å²) >= 11 is 0. The number of rotatable bonds is 16. The standard InChI is InChI=1S/C17H34N2O8/c20-9-7-13(23)17(27)14(24)10-19-16(26)6-3-5-15(25)18-8-2-1-4-12(22)11-21/h12-14,17,20-24,27H,1-11H2,(H,18,25)(H,19,26)/t12-,13?,14?,17-/m0/s1. The zero-order chi connectivity index (χ0) is 20.7. The normalized spacial score (nSPS) is 15.6. The van der Waals surface area contributed by atoms with Crippen LogP contribution >= 0.6 is 0 Å². The molecule has 2 unspecified atom stereocenters. The van der Waals surface area contributed by atoms with Crippen molar-refractivity contribution in [2.24, 2.45) is 0 Å². The van der Waals surface area contributed by atoms with Crippen LogP contribution in [0.2, 0.25) is 0 Å². The van der Waals surface area contributed by atoms with Crippen LogP contribution in [0.3, 0.4) is 0 Å². The number of carbonyl (C=O) groups is 2. The Morgan fingerprint density at radius 2 is 1.41 bits per heavy atom. The molecule has 0 bridgehead atoms. The van der Waals surface area contributed by atoms with Gasteiger partial charge in [0.15, 0.2) is 0 Å². The summed E-state index contributed by atoms with van der Waals surface area (Å²) in [4.78, 5) is 23.3. The van der Waals surface area contributed by atoms with Crippen LogP contribution in [0.5, 0.6) is 0 Å². The van der Waals surface area contributed by atoms with Gasteiger partial charge >= 0.3 is 0 Å². The molecule has 0 saturated heterocycles. The van der Waals surface area contributed by atoms with Gasteiger partial charge in [-0.05, 0) is 32.1 Å². The Kier molecular flexibility index (Phi) is 15.0. The number of amides is 2. The lowest BCUT2D eigenvalue weighted by Gasteiger charge is -2.22. The van der Waals surface area contributed by atoms with E-state index in [2.05, 4.69) is 10.6 Å². The van der Waals surface area contributed by atoms with Crippen LogP contribution in [0.15, 0.2) is 0 Å². The number of aliphatic hydroxyl groups excluding tert-OH is 6. The molecule has 0 aliphatic heterocycles. The van der Waals surface area contributed by atoms with Gasteiger partial charge in [0.05, 0.1) is 24.9 Å². The summed E-state index contributed by atoms with van der Waals surface area (Å²) in [6.07, 6.45) is -2.48. The molecule has 0 aliphatic rings. The first-order valence-electron chi connectivity index (χ1n) is 9.29. The lowest BCUT2D eigenvalue weighted by molar-refractivity contribution is -0.123. The molecule has 4 atom stereocenters. The monoisotopic (exact) mass is 394 g/mol. The van der Waals surface area contributed by atoms with Gasteiger partial charge in [0, 0.05) is 32.5 Å². The van der Waals surface area contributed by atoms with Crippen molar-refractivity contribution in [1.29, 1.82) is 0 Å². The number of carbonyl (C=O) groups excluding carboxylic acids is 2. The van der Waals surface area contributed by atoms with Gasteiger partial charge in [-0.25, -0.2) is 0 Å². The molecule has 160 valence electrons. The van der Waals surface area contributed by atoms with E-state index in [1.165, 1.54) is 0 Å². The van der Waals surface area contributed by atoms with Crippen LogP contribution in [-0.4, -0.2) is 93.2 Å². The van der Waals surface area contributed by atoms with Gasteiger partial charge in [0.1, 0.15) is 6.10 Å². The van der Waals surface area contributed by atoms with Crippen molar-refractivity contribution in [3.63, 3.8) is 0 Å². The van der Waals surface area contributed by atoms with Gasteiger partial charge in [-0.1, -0.05) is 0 Å². The average molecular weight is 394 g/mol. The van der Waals surface area contributed by atoms with Crippen LogP contribution in [0, 0.1) is 0 Å². The summed E-state index contributed by atoms with van der Waals surface area (Å²) in [5.41, 5.74) is 0. The minimum atomic E-state index is -1.47. The Morgan fingerprint density at radius 1 is 0.778 bits per heavy atom. The highest BCUT2D eigenvalue weighted by Crippen LogP contribution is 2.04. The first-order chi connectivity index (χ1) is 12.8. The Labute approximate surface area is 159 Å². The third-order valence-corrected chi connectivity index (χ3v) is 4.03. The molecule has 10 nitrogen and oxygen atoms in total.